The highest BCUT2D eigenvalue weighted by Gasteiger charge is 2.35. The number of hydrogen-bond donors (Lipinski definition) is 3. The highest BCUT2D eigenvalue weighted by molar-refractivity contribution is 7.46. The molecule has 1 saturated heterocycles. The summed E-state index contributed by atoms with van der Waals surface area (Å²) in [6.45, 7) is 8.75. The minimum atomic E-state index is -4.78. The second-order valence-corrected chi connectivity index (χ2v) is 12.1. The van der Waals surface area contributed by atoms with Crippen molar-refractivity contribution in [1.82, 2.24) is 4.90 Å². The maximum absolute atomic E-state index is 11.6. The van der Waals surface area contributed by atoms with E-state index in [1.165, 1.54) is 4.90 Å². The summed E-state index contributed by atoms with van der Waals surface area (Å²) < 4.78 is 22.7. The topological polar surface area (TPSA) is 106 Å². The lowest BCUT2D eigenvalue weighted by Crippen LogP contribution is -2.47. The van der Waals surface area contributed by atoms with Crippen molar-refractivity contribution in [2.75, 3.05) is 49.1 Å². The Bertz CT molecular complexity index is 1200. The first-order valence-electron chi connectivity index (χ1n) is 13.1. The molecule has 0 saturated carbocycles. The fourth-order valence-electron chi connectivity index (χ4n) is 4.90. The van der Waals surface area contributed by atoms with Gasteiger partial charge in [-0.2, -0.15) is 0 Å². The second kappa shape index (κ2) is 13.2. The number of unbranched alkanes of at least 4 members (excludes halogenated alkanes) is 1. The summed E-state index contributed by atoms with van der Waals surface area (Å²) in [5, 5.41) is 11.8. The van der Waals surface area contributed by atoms with E-state index in [4.69, 9.17) is 32.5 Å². The van der Waals surface area contributed by atoms with Crippen LogP contribution in [0.5, 0.6) is 5.75 Å². The van der Waals surface area contributed by atoms with Crippen LogP contribution in [0.2, 0.25) is 10.0 Å². The van der Waals surface area contributed by atoms with Gasteiger partial charge in [0.25, 0.3) is 0 Å². The van der Waals surface area contributed by atoms with Gasteiger partial charge in [0.05, 0.1) is 28.0 Å². The van der Waals surface area contributed by atoms with Crippen molar-refractivity contribution in [3.05, 3.63) is 58.1 Å². The summed E-state index contributed by atoms with van der Waals surface area (Å²) >= 11 is 12.6. The normalized spacial score (nSPS) is 18.9. The van der Waals surface area contributed by atoms with Crippen LogP contribution in [0, 0.1) is 5.92 Å². The van der Waals surface area contributed by atoms with E-state index >= 15 is 0 Å². The van der Waals surface area contributed by atoms with Crippen molar-refractivity contribution >= 4 is 48.5 Å². The standard InChI is InChI=1S/C27H36Cl2N3O6P/c1-19(2)27(38-39(34,35)36)32-24-18-21(10-8-20(24)9-11-25(32)33)37-17-4-3-12-30-13-15-31(16-14-30)23-7-5-6-22(28)26(23)29/h5-11,18-19,25,27,33H,3-4,12-17H2,1-2H3,(H2,34,35,36). The molecule has 0 bridgehead atoms. The van der Waals surface area contributed by atoms with E-state index in [2.05, 4.69) is 9.80 Å². The molecule has 0 aliphatic carbocycles. The van der Waals surface area contributed by atoms with Crippen LogP contribution in [0.1, 0.15) is 32.3 Å². The Balaban J connectivity index is 1.27. The smallest absolute Gasteiger partial charge is 0.471 e. The van der Waals surface area contributed by atoms with Gasteiger partial charge in [-0.15, -0.1) is 0 Å². The highest BCUT2D eigenvalue weighted by Crippen LogP contribution is 2.43. The Hall–Kier alpha value is -1.81. The monoisotopic (exact) mass is 599 g/mol. The molecule has 0 spiro atoms. The van der Waals surface area contributed by atoms with Crippen molar-refractivity contribution in [3.8, 4) is 5.75 Å². The van der Waals surface area contributed by atoms with Crippen molar-refractivity contribution in [3.63, 3.8) is 0 Å². The molecule has 2 aromatic rings. The summed E-state index contributed by atoms with van der Waals surface area (Å²) in [6.07, 6.45) is 3.07. The lowest BCUT2D eigenvalue weighted by atomic mass is 10.0. The number of hydrogen-bond acceptors (Lipinski definition) is 7. The molecule has 2 atom stereocenters. The molecule has 2 aliphatic heterocycles. The Kier molecular flexibility index (Phi) is 10.2. The number of ether oxygens (including phenoxy) is 1. The molecule has 12 heteroatoms. The van der Waals surface area contributed by atoms with Crippen LogP contribution >= 0.6 is 31.0 Å². The van der Waals surface area contributed by atoms with E-state index in [0.29, 0.717) is 28.1 Å². The van der Waals surface area contributed by atoms with Crippen molar-refractivity contribution in [2.24, 2.45) is 5.92 Å². The van der Waals surface area contributed by atoms with E-state index in [1.54, 1.807) is 38.1 Å². The summed E-state index contributed by atoms with van der Waals surface area (Å²) in [5.41, 5.74) is 2.37. The zero-order chi connectivity index (χ0) is 28.2. The van der Waals surface area contributed by atoms with Gasteiger partial charge in [-0.3, -0.25) is 9.42 Å². The third kappa shape index (κ3) is 7.90. The average molecular weight is 600 g/mol. The van der Waals surface area contributed by atoms with Crippen LogP contribution in [0.4, 0.5) is 11.4 Å². The summed E-state index contributed by atoms with van der Waals surface area (Å²) in [7, 11) is -4.78. The van der Waals surface area contributed by atoms with Gasteiger partial charge in [0.1, 0.15) is 18.2 Å². The molecule has 2 aromatic carbocycles. The molecule has 0 amide bonds. The molecule has 1 fully saturated rings. The quantitative estimate of drug-likeness (QED) is 0.237. The largest absolute Gasteiger partial charge is 0.494 e. The number of fused-ring (bicyclic) bond motifs is 1. The number of anilines is 2. The molecular weight excluding hydrogens is 564 g/mol. The lowest BCUT2D eigenvalue weighted by molar-refractivity contribution is 0.0639. The third-order valence-corrected chi connectivity index (χ3v) is 8.18. The third-order valence-electron chi connectivity index (χ3n) is 6.88. The number of piperazine rings is 1. The Morgan fingerprint density at radius 3 is 2.49 bits per heavy atom. The number of phosphoric ester groups is 1. The Morgan fingerprint density at radius 2 is 1.79 bits per heavy atom. The molecule has 4 rings (SSSR count). The molecule has 214 valence electrons. The predicted octanol–water partition coefficient (Wildman–Crippen LogP) is 5.22. The number of rotatable bonds is 11. The molecule has 39 heavy (non-hydrogen) atoms. The molecule has 2 aliphatic rings. The molecule has 9 nitrogen and oxygen atoms in total. The fourth-order valence-corrected chi connectivity index (χ4v) is 5.94. The van der Waals surface area contributed by atoms with Crippen molar-refractivity contribution < 1.29 is 28.7 Å². The summed E-state index contributed by atoms with van der Waals surface area (Å²) in [5.74, 6) is 0.312. The van der Waals surface area contributed by atoms with Gasteiger partial charge in [0.2, 0.25) is 0 Å². The summed E-state index contributed by atoms with van der Waals surface area (Å²) in [6, 6.07) is 11.2. The number of aliphatic hydroxyl groups excluding tert-OH is 1. The maximum atomic E-state index is 11.6. The van der Waals surface area contributed by atoms with Crippen LogP contribution in [0.15, 0.2) is 42.5 Å². The van der Waals surface area contributed by atoms with E-state index in [-0.39, 0.29) is 5.92 Å². The van der Waals surface area contributed by atoms with Gasteiger partial charge in [-0.25, -0.2) is 4.57 Å². The van der Waals surface area contributed by atoms with Gasteiger partial charge in [-0.1, -0.05) is 49.2 Å². The number of aliphatic hydroxyl groups is 1. The minimum absolute atomic E-state index is 0.305. The average Bonchev–Trinajstić information content (AvgIpc) is 2.89. The lowest BCUT2D eigenvalue weighted by Gasteiger charge is -2.40. The van der Waals surface area contributed by atoms with E-state index in [1.807, 2.05) is 24.3 Å². The molecule has 2 heterocycles. The van der Waals surface area contributed by atoms with Crippen LogP contribution < -0.4 is 14.5 Å². The van der Waals surface area contributed by atoms with E-state index in [9.17, 15) is 19.5 Å². The number of halogens is 2. The van der Waals surface area contributed by atoms with Gasteiger partial charge >= 0.3 is 7.82 Å². The number of nitrogens with zero attached hydrogens (tertiary/aromatic N) is 3. The van der Waals surface area contributed by atoms with Crippen LogP contribution in [0.3, 0.4) is 0 Å². The Labute approximate surface area is 239 Å². The Morgan fingerprint density at radius 1 is 1.05 bits per heavy atom. The summed E-state index contributed by atoms with van der Waals surface area (Å²) in [4.78, 5) is 25.0. The predicted molar refractivity (Wildman–Crippen MR) is 156 cm³/mol. The zero-order valence-electron chi connectivity index (χ0n) is 22.1. The van der Waals surface area contributed by atoms with Crippen molar-refractivity contribution in [1.29, 1.82) is 0 Å². The van der Waals surface area contributed by atoms with Crippen LogP contribution in [-0.4, -0.2) is 71.6 Å². The first-order valence-corrected chi connectivity index (χ1v) is 15.4. The van der Waals surface area contributed by atoms with Gasteiger partial charge in [-0.05, 0) is 61.2 Å². The zero-order valence-corrected chi connectivity index (χ0v) is 24.5. The molecule has 0 aromatic heterocycles. The number of benzene rings is 2. The minimum Gasteiger partial charge on any atom is -0.494 e. The first-order chi connectivity index (χ1) is 18.5. The molecule has 0 radical (unpaired) electrons. The highest BCUT2D eigenvalue weighted by atomic mass is 35.5. The van der Waals surface area contributed by atoms with Crippen LogP contribution in [-0.2, 0) is 9.09 Å². The van der Waals surface area contributed by atoms with E-state index < -0.39 is 20.3 Å². The molecular formula is C27H36Cl2N3O6P. The van der Waals surface area contributed by atoms with Gasteiger partial charge < -0.3 is 29.4 Å². The molecule has 2 unspecified atom stereocenters. The van der Waals surface area contributed by atoms with Crippen molar-refractivity contribution in [2.45, 2.75) is 39.1 Å². The number of phosphoric acid groups is 1. The first kappa shape index (κ1) is 30.2. The fraction of sp³-hybridized carbons (Fsp3) is 0.481. The second-order valence-electron chi connectivity index (χ2n) is 10.1. The molecule has 3 N–H and O–H groups in total. The SMILES string of the molecule is CC(C)C(OP(=O)(O)O)N1c2cc(OCCCCN3CCN(c4cccc(Cl)c4Cl)CC3)ccc2C=CC1O. The van der Waals surface area contributed by atoms with Crippen LogP contribution in [0.25, 0.3) is 6.08 Å². The van der Waals surface area contributed by atoms with Gasteiger partial charge in [0.15, 0.2) is 0 Å². The van der Waals surface area contributed by atoms with Gasteiger partial charge in [0, 0.05) is 32.2 Å². The maximum Gasteiger partial charge on any atom is 0.471 e. The van der Waals surface area contributed by atoms with E-state index in [0.717, 1.165) is 56.8 Å².